The number of benzene rings is 2. The molecule has 0 radical (unpaired) electrons. The Bertz CT molecular complexity index is 1880. The number of rotatable bonds is 25. The number of aromatic amines is 1. The van der Waals surface area contributed by atoms with E-state index in [0.29, 0.717) is 49.9 Å². The fraction of sp³-hybridized carbons (Fsp3) is 0.556. The standard InChI is InChI=1S/C45H64N7O7/c1-48-28-45(59,16-20-55)41-26-40(51-44(47)52-41)38(25-43(57)58)39(50-42-8-3-17-49-42)24-33-13-12-32-22-31-11-9-29(15-19-54)21-34(31)23-37(32)36(33)7-2-6-35(46)14-10-30(27-56)5-4-18-53/h3,8-9,11,17,19,21-23,25,27,30,33,35-36,39-41,48-49,53,55,59H,2,4-7,10,12-16,18,20,24,26,28,46H2,1H3,(H,57,58)(H3,47,51,52)/q-1. The Hall–Kier alpha value is -4.60. The van der Waals surface area contributed by atoms with Gasteiger partial charge in [0.1, 0.15) is 12.6 Å². The summed E-state index contributed by atoms with van der Waals surface area (Å²) in [4.78, 5) is 43.6. The third-order valence-corrected chi connectivity index (χ3v) is 12.4. The third kappa shape index (κ3) is 12.5. The summed E-state index contributed by atoms with van der Waals surface area (Å²) in [5, 5.41) is 54.6. The summed E-state index contributed by atoms with van der Waals surface area (Å²) in [6, 6.07) is 12.3. The number of carbonyl (C=O) groups excluding carboxylic acids is 2. The number of H-pyrrole nitrogens is 1. The maximum absolute atomic E-state index is 12.6. The van der Waals surface area contributed by atoms with Crippen LogP contribution in [-0.4, -0.2) is 106 Å². The molecule has 0 spiro atoms. The first-order chi connectivity index (χ1) is 28.5. The molecule has 8 atom stereocenters. The van der Waals surface area contributed by atoms with Crippen LogP contribution in [0, 0.1) is 11.8 Å². The monoisotopic (exact) mass is 814 g/mol. The molecule has 2 aromatic carbocycles. The predicted octanol–water partition coefficient (Wildman–Crippen LogP) is 4.27. The molecule has 5 rings (SSSR count). The van der Waals surface area contributed by atoms with Crippen molar-refractivity contribution in [2.45, 2.75) is 119 Å². The minimum Gasteiger partial charge on any atom is -0.478 e. The number of aliphatic hydroxyl groups is 3. The number of carboxylic acids is 1. The van der Waals surface area contributed by atoms with Crippen LogP contribution in [0.1, 0.15) is 93.2 Å². The highest BCUT2D eigenvalue weighted by Crippen LogP contribution is 2.46. The molecule has 1 aliphatic heterocycles. The molecular weight excluding hydrogens is 751 g/mol. The Morgan fingerprint density at radius 3 is 2.61 bits per heavy atom. The number of aliphatic carboxylic acids is 1. The van der Waals surface area contributed by atoms with Crippen LogP contribution in [-0.2, 0) is 27.2 Å². The van der Waals surface area contributed by atoms with Gasteiger partial charge in [0, 0.05) is 50.6 Å². The summed E-state index contributed by atoms with van der Waals surface area (Å²) in [7, 11) is 1.71. The Morgan fingerprint density at radius 2 is 1.92 bits per heavy atom. The van der Waals surface area contributed by atoms with Crippen molar-refractivity contribution in [1.82, 2.24) is 15.6 Å². The van der Waals surface area contributed by atoms with E-state index >= 15 is 0 Å². The highest BCUT2D eigenvalue weighted by Gasteiger charge is 2.42. The van der Waals surface area contributed by atoms with Crippen LogP contribution >= 0.6 is 0 Å². The molecule has 0 amide bonds. The fourth-order valence-corrected chi connectivity index (χ4v) is 9.32. The van der Waals surface area contributed by atoms with Gasteiger partial charge in [-0.1, -0.05) is 60.9 Å². The van der Waals surface area contributed by atoms with Crippen LogP contribution < -0.4 is 22.1 Å². The van der Waals surface area contributed by atoms with Gasteiger partial charge in [-0.15, -0.1) is 0 Å². The molecule has 1 aliphatic carbocycles. The van der Waals surface area contributed by atoms with E-state index in [0.717, 1.165) is 61.0 Å². The van der Waals surface area contributed by atoms with Gasteiger partial charge in [-0.2, -0.15) is 0 Å². The van der Waals surface area contributed by atoms with E-state index in [1.807, 2.05) is 18.2 Å². The first-order valence-corrected chi connectivity index (χ1v) is 21.2. The van der Waals surface area contributed by atoms with Gasteiger partial charge in [-0.3, -0.25) is 0 Å². The maximum Gasteiger partial charge on any atom is 0.328 e. The molecule has 2 heterocycles. The number of aliphatic hydroxyl groups excluding tert-OH is 2. The van der Waals surface area contributed by atoms with E-state index in [2.05, 4.69) is 39.9 Å². The number of hydrogen-bond acceptors (Lipinski definition) is 11. The van der Waals surface area contributed by atoms with Gasteiger partial charge in [-0.05, 0) is 122 Å². The van der Waals surface area contributed by atoms with Gasteiger partial charge in [-0.25, -0.2) is 9.79 Å². The topological polar surface area (TPSA) is 250 Å². The van der Waals surface area contributed by atoms with Crippen LogP contribution in [0.5, 0.6) is 0 Å². The minimum atomic E-state index is -1.40. The molecule has 8 unspecified atom stereocenters. The van der Waals surface area contributed by atoms with Crippen molar-refractivity contribution in [3.05, 3.63) is 82.3 Å². The molecule has 59 heavy (non-hydrogen) atoms. The summed E-state index contributed by atoms with van der Waals surface area (Å²) < 4.78 is 0. The van der Waals surface area contributed by atoms with Crippen molar-refractivity contribution in [1.29, 1.82) is 0 Å². The Balaban J connectivity index is 1.49. The molecule has 1 aromatic heterocycles. The quantitative estimate of drug-likeness (QED) is 0.0432. The largest absolute Gasteiger partial charge is 0.478 e. The SMILES string of the molecule is CNCC(O)(CCO)C1CC(C(=CC(=O)O)C(CC2CCc3cc4ccc(CC=O)cc4cc3C2CCCC(N)CCC(C=O)CCCO)[N-]c2ccc[nH]2)N=C(N)N1. The number of hydrogen-bond donors (Lipinski definition) is 9. The molecule has 0 saturated carbocycles. The average Bonchev–Trinajstić information content (AvgIpc) is 3.73. The molecule has 11 N–H and O–H groups in total. The maximum atomic E-state index is 12.6. The zero-order valence-electron chi connectivity index (χ0n) is 34.3. The van der Waals surface area contributed by atoms with E-state index < -0.39 is 29.7 Å². The van der Waals surface area contributed by atoms with Gasteiger partial charge in [0.2, 0.25) is 0 Å². The zero-order chi connectivity index (χ0) is 42.4. The summed E-state index contributed by atoms with van der Waals surface area (Å²) in [6.07, 6.45) is 12.8. The lowest BCUT2D eigenvalue weighted by atomic mass is 9.69. The summed E-state index contributed by atoms with van der Waals surface area (Å²) in [6.45, 7) is -0.0299. The van der Waals surface area contributed by atoms with Crippen LogP contribution in [0.4, 0.5) is 5.82 Å². The van der Waals surface area contributed by atoms with E-state index in [4.69, 9.17) is 21.8 Å². The first-order valence-electron chi connectivity index (χ1n) is 21.2. The van der Waals surface area contributed by atoms with E-state index in [1.165, 1.54) is 17.2 Å². The lowest BCUT2D eigenvalue weighted by molar-refractivity contribution is -0.131. The number of carboxylic acid groups (broad SMARTS) is 1. The van der Waals surface area contributed by atoms with E-state index in [1.54, 1.807) is 13.2 Å². The highest BCUT2D eigenvalue weighted by molar-refractivity contribution is 5.86. The number of aldehydes is 2. The lowest BCUT2D eigenvalue weighted by Gasteiger charge is -2.43. The van der Waals surface area contributed by atoms with E-state index in [9.17, 15) is 34.8 Å². The number of likely N-dealkylation sites (N-methyl/N-ethyl adjacent to an activating group) is 1. The van der Waals surface area contributed by atoms with Gasteiger partial charge in [0.25, 0.3) is 0 Å². The molecule has 322 valence electrons. The summed E-state index contributed by atoms with van der Waals surface area (Å²) in [5.41, 5.74) is 15.6. The van der Waals surface area contributed by atoms with Gasteiger partial charge in [0.15, 0.2) is 5.96 Å². The Morgan fingerprint density at radius 1 is 1.08 bits per heavy atom. The average molecular weight is 815 g/mol. The number of carbonyl (C=O) groups is 3. The zero-order valence-corrected chi connectivity index (χ0v) is 34.3. The number of nitrogens with two attached hydrogens (primary N) is 2. The van der Waals surface area contributed by atoms with Crippen LogP contribution in [0.2, 0.25) is 0 Å². The van der Waals surface area contributed by atoms with Crippen LogP contribution in [0.15, 0.2) is 65.3 Å². The molecule has 0 bridgehead atoms. The van der Waals surface area contributed by atoms with Crippen molar-refractivity contribution in [2.75, 3.05) is 26.8 Å². The first kappa shape index (κ1) is 45.5. The molecule has 14 heteroatoms. The molecule has 14 nitrogen and oxygen atoms in total. The fourth-order valence-electron chi connectivity index (χ4n) is 9.32. The smallest absolute Gasteiger partial charge is 0.328 e. The molecule has 3 aromatic rings. The molecular formula is C45H64N7O7-. The number of guanidine groups is 1. The predicted molar refractivity (Wildman–Crippen MR) is 231 cm³/mol. The van der Waals surface area contributed by atoms with Crippen LogP contribution in [0.25, 0.3) is 16.1 Å². The Kier molecular flexibility index (Phi) is 17.1. The van der Waals surface area contributed by atoms with Gasteiger partial charge in [0.05, 0.1) is 17.7 Å². The van der Waals surface area contributed by atoms with Gasteiger partial charge < -0.3 is 62.4 Å². The van der Waals surface area contributed by atoms with Crippen molar-refractivity contribution in [2.24, 2.45) is 28.3 Å². The number of fused-ring (bicyclic) bond motifs is 2. The normalized spacial score (nSPS) is 22.0. The number of aryl methyl sites for hydroxylation is 1. The van der Waals surface area contributed by atoms with Crippen molar-refractivity contribution >= 4 is 41.1 Å². The molecule has 0 fully saturated rings. The van der Waals surface area contributed by atoms with Crippen molar-refractivity contribution in [3.63, 3.8) is 0 Å². The van der Waals surface area contributed by atoms with Crippen LogP contribution in [0.3, 0.4) is 0 Å². The highest BCUT2D eigenvalue weighted by atomic mass is 16.4. The molecule has 2 aliphatic rings. The second-order valence-electron chi connectivity index (χ2n) is 16.5. The van der Waals surface area contributed by atoms with Crippen molar-refractivity contribution in [3.8, 4) is 0 Å². The summed E-state index contributed by atoms with van der Waals surface area (Å²) in [5.74, 6) is -0.409. The third-order valence-electron chi connectivity index (χ3n) is 12.4. The van der Waals surface area contributed by atoms with Crippen molar-refractivity contribution < 1.29 is 34.8 Å². The number of nitrogens with one attached hydrogen (secondary N) is 3. The van der Waals surface area contributed by atoms with E-state index in [-0.39, 0.29) is 62.4 Å². The van der Waals surface area contributed by atoms with Gasteiger partial charge >= 0.3 is 5.97 Å². The number of aromatic nitrogens is 1. The second-order valence-corrected chi connectivity index (χ2v) is 16.5. The minimum absolute atomic E-state index is 0.0607. The Labute approximate surface area is 347 Å². The molecule has 0 saturated heterocycles. The number of aliphatic imine (C=N–C) groups is 1. The summed E-state index contributed by atoms with van der Waals surface area (Å²) >= 11 is 0. The number of nitrogens with zero attached hydrogens (tertiary/aromatic N) is 2. The lowest BCUT2D eigenvalue weighted by Crippen LogP contribution is -2.62. The second kappa shape index (κ2) is 22.1.